The molecule has 0 heterocycles. The lowest BCUT2D eigenvalue weighted by Gasteiger charge is -2.14. The van der Waals surface area contributed by atoms with Crippen LogP contribution in [-0.2, 0) is 4.79 Å². The Balaban J connectivity index is 3.45. The monoisotopic (exact) mass is 199 g/mol. The average molecular weight is 199 g/mol. The lowest BCUT2D eigenvalue weighted by molar-refractivity contribution is -0.120. The number of hydrogen-bond acceptors (Lipinski definition) is 4. The van der Waals surface area contributed by atoms with Gasteiger partial charge in [-0.1, -0.05) is 13.8 Å². The van der Waals surface area contributed by atoms with E-state index in [4.69, 9.17) is 5.26 Å². The van der Waals surface area contributed by atoms with Gasteiger partial charge < -0.3 is 15.7 Å². The molecule has 1 amide bonds. The summed E-state index contributed by atoms with van der Waals surface area (Å²) in [5.41, 5.74) is 0. The third-order valence-electron chi connectivity index (χ3n) is 1.77. The third-order valence-corrected chi connectivity index (χ3v) is 1.77. The van der Waals surface area contributed by atoms with Crippen LogP contribution in [0.4, 0.5) is 0 Å². The van der Waals surface area contributed by atoms with Crippen molar-refractivity contribution in [1.82, 2.24) is 10.6 Å². The van der Waals surface area contributed by atoms with Gasteiger partial charge in [-0.15, -0.1) is 0 Å². The topological polar surface area (TPSA) is 85.2 Å². The smallest absolute Gasteiger partial charge is 0.234 e. The molecule has 0 saturated carbocycles. The molecule has 0 aromatic heterocycles. The largest absolute Gasteiger partial charge is 0.392 e. The standard InChI is InChI=1S/C9H17N3O2/c1-7(2)8(13)5-11-6-9(14)12-4-3-10/h7-8,11,13H,4-6H2,1-2H3,(H,12,14). The Kier molecular flexibility index (Phi) is 6.72. The van der Waals surface area contributed by atoms with Crippen molar-refractivity contribution in [2.24, 2.45) is 5.92 Å². The molecule has 0 rings (SSSR count). The quantitative estimate of drug-likeness (QED) is 0.490. The summed E-state index contributed by atoms with van der Waals surface area (Å²) >= 11 is 0. The number of nitrogens with zero attached hydrogens (tertiary/aromatic N) is 1. The highest BCUT2D eigenvalue weighted by molar-refractivity contribution is 5.78. The van der Waals surface area contributed by atoms with Crippen LogP contribution in [0.15, 0.2) is 0 Å². The van der Waals surface area contributed by atoms with E-state index in [0.717, 1.165) is 0 Å². The van der Waals surface area contributed by atoms with E-state index in [0.29, 0.717) is 6.54 Å². The van der Waals surface area contributed by atoms with Gasteiger partial charge in [-0.25, -0.2) is 0 Å². The number of carbonyl (C=O) groups excluding carboxylic acids is 1. The summed E-state index contributed by atoms with van der Waals surface area (Å²) in [4.78, 5) is 10.9. The minimum Gasteiger partial charge on any atom is -0.392 e. The lowest BCUT2D eigenvalue weighted by Crippen LogP contribution is -2.38. The van der Waals surface area contributed by atoms with Crippen LogP contribution in [0.5, 0.6) is 0 Å². The number of nitriles is 1. The number of nitrogens with one attached hydrogen (secondary N) is 2. The average Bonchev–Trinajstić information content (AvgIpc) is 2.14. The predicted molar refractivity (Wildman–Crippen MR) is 52.3 cm³/mol. The zero-order valence-electron chi connectivity index (χ0n) is 8.58. The van der Waals surface area contributed by atoms with Crippen LogP contribution >= 0.6 is 0 Å². The molecule has 1 unspecified atom stereocenters. The van der Waals surface area contributed by atoms with Crippen LogP contribution in [-0.4, -0.2) is 36.8 Å². The molecule has 1 atom stereocenters. The lowest BCUT2D eigenvalue weighted by atomic mass is 10.1. The number of rotatable bonds is 6. The fourth-order valence-corrected chi connectivity index (χ4v) is 0.770. The fraction of sp³-hybridized carbons (Fsp3) is 0.778. The summed E-state index contributed by atoms with van der Waals surface area (Å²) in [6.07, 6.45) is -0.446. The zero-order valence-corrected chi connectivity index (χ0v) is 8.58. The van der Waals surface area contributed by atoms with Gasteiger partial charge in [0.05, 0.1) is 18.7 Å². The molecule has 5 heteroatoms. The maximum absolute atomic E-state index is 10.9. The first-order valence-corrected chi connectivity index (χ1v) is 4.60. The molecule has 0 saturated heterocycles. The van der Waals surface area contributed by atoms with Gasteiger partial charge in [-0.3, -0.25) is 4.79 Å². The van der Waals surface area contributed by atoms with E-state index < -0.39 is 6.10 Å². The van der Waals surface area contributed by atoms with Crippen molar-refractivity contribution in [2.45, 2.75) is 20.0 Å². The molecule has 0 aromatic carbocycles. The summed E-state index contributed by atoms with van der Waals surface area (Å²) in [6.45, 7) is 4.35. The van der Waals surface area contributed by atoms with Gasteiger partial charge in [0.25, 0.3) is 0 Å². The highest BCUT2D eigenvalue weighted by Crippen LogP contribution is 1.98. The second-order valence-electron chi connectivity index (χ2n) is 3.38. The van der Waals surface area contributed by atoms with Crippen molar-refractivity contribution in [3.05, 3.63) is 0 Å². The normalized spacial score (nSPS) is 12.2. The Morgan fingerprint density at radius 2 is 2.21 bits per heavy atom. The maximum atomic E-state index is 10.9. The van der Waals surface area contributed by atoms with Gasteiger partial charge in [0.2, 0.25) is 5.91 Å². The Morgan fingerprint density at radius 1 is 1.57 bits per heavy atom. The zero-order chi connectivity index (χ0) is 11.0. The van der Waals surface area contributed by atoms with Crippen molar-refractivity contribution in [3.8, 4) is 6.07 Å². The third kappa shape index (κ3) is 6.40. The Morgan fingerprint density at radius 3 is 2.71 bits per heavy atom. The van der Waals surface area contributed by atoms with E-state index in [9.17, 15) is 9.90 Å². The molecule has 3 N–H and O–H groups in total. The SMILES string of the molecule is CC(C)C(O)CNCC(=O)NCC#N. The fourth-order valence-electron chi connectivity index (χ4n) is 0.770. The van der Waals surface area contributed by atoms with Gasteiger partial charge >= 0.3 is 0 Å². The van der Waals surface area contributed by atoms with E-state index in [1.807, 2.05) is 13.8 Å². The predicted octanol–water partition coefficient (Wildman–Crippen LogP) is -0.767. The van der Waals surface area contributed by atoms with Crippen LogP contribution in [0, 0.1) is 17.2 Å². The second kappa shape index (κ2) is 7.30. The van der Waals surface area contributed by atoms with E-state index in [2.05, 4.69) is 10.6 Å². The van der Waals surface area contributed by atoms with Gasteiger partial charge in [-0.05, 0) is 5.92 Å². The summed E-state index contributed by atoms with van der Waals surface area (Å²) in [5.74, 6) is -0.0628. The molecule has 80 valence electrons. The molecule has 0 spiro atoms. The number of aliphatic hydroxyl groups is 1. The van der Waals surface area contributed by atoms with Crippen molar-refractivity contribution < 1.29 is 9.90 Å². The Hall–Kier alpha value is -1.12. The molecule has 0 radical (unpaired) electrons. The summed E-state index contributed by atoms with van der Waals surface area (Å²) in [6, 6.07) is 1.81. The first kappa shape index (κ1) is 12.9. The van der Waals surface area contributed by atoms with Crippen molar-refractivity contribution in [1.29, 1.82) is 5.26 Å². The Labute approximate surface area is 84.1 Å². The maximum Gasteiger partial charge on any atom is 0.234 e. The van der Waals surface area contributed by atoms with E-state index in [1.165, 1.54) is 0 Å². The molecule has 0 aromatic rings. The van der Waals surface area contributed by atoms with Gasteiger partial charge in [-0.2, -0.15) is 5.26 Å². The molecule has 5 nitrogen and oxygen atoms in total. The van der Waals surface area contributed by atoms with Gasteiger partial charge in [0.1, 0.15) is 6.54 Å². The first-order chi connectivity index (χ1) is 6.57. The number of amides is 1. The summed E-state index contributed by atoms with van der Waals surface area (Å²) < 4.78 is 0. The van der Waals surface area contributed by atoms with E-state index in [1.54, 1.807) is 6.07 Å². The Bertz CT molecular complexity index is 211. The molecule has 0 aliphatic carbocycles. The van der Waals surface area contributed by atoms with Crippen molar-refractivity contribution in [2.75, 3.05) is 19.6 Å². The molecule has 0 aliphatic heterocycles. The van der Waals surface area contributed by atoms with Crippen LogP contribution in [0.3, 0.4) is 0 Å². The number of carbonyl (C=O) groups is 1. The molecular weight excluding hydrogens is 182 g/mol. The van der Waals surface area contributed by atoms with Crippen LogP contribution in [0.25, 0.3) is 0 Å². The summed E-state index contributed by atoms with van der Waals surface area (Å²) in [7, 11) is 0. The van der Waals surface area contributed by atoms with Crippen LogP contribution < -0.4 is 10.6 Å². The van der Waals surface area contributed by atoms with Crippen molar-refractivity contribution in [3.63, 3.8) is 0 Å². The second-order valence-corrected chi connectivity index (χ2v) is 3.38. The van der Waals surface area contributed by atoms with Crippen LogP contribution in [0.2, 0.25) is 0 Å². The number of hydrogen-bond donors (Lipinski definition) is 3. The minimum atomic E-state index is -0.446. The minimum absolute atomic E-state index is 0.0211. The molecule has 0 fully saturated rings. The molecular formula is C9H17N3O2. The molecule has 0 aliphatic rings. The van der Waals surface area contributed by atoms with E-state index in [-0.39, 0.29) is 24.9 Å². The van der Waals surface area contributed by atoms with E-state index >= 15 is 0 Å². The number of aliphatic hydroxyl groups excluding tert-OH is 1. The molecule has 0 bridgehead atoms. The summed E-state index contributed by atoms with van der Waals surface area (Å²) in [5, 5.41) is 22.7. The van der Waals surface area contributed by atoms with Crippen LogP contribution in [0.1, 0.15) is 13.8 Å². The van der Waals surface area contributed by atoms with Gasteiger partial charge in [0, 0.05) is 6.54 Å². The molecule has 14 heavy (non-hydrogen) atoms. The highest BCUT2D eigenvalue weighted by atomic mass is 16.3. The van der Waals surface area contributed by atoms with Gasteiger partial charge in [0.15, 0.2) is 0 Å². The van der Waals surface area contributed by atoms with Crippen molar-refractivity contribution >= 4 is 5.91 Å². The first-order valence-electron chi connectivity index (χ1n) is 4.60. The highest BCUT2D eigenvalue weighted by Gasteiger charge is 2.08.